The van der Waals surface area contributed by atoms with E-state index in [1.54, 1.807) is 30.3 Å². The number of carbonyl (C=O) groups is 1. The molecule has 2 rings (SSSR count). The van der Waals surface area contributed by atoms with Crippen molar-refractivity contribution in [3.8, 4) is 0 Å². The highest BCUT2D eigenvalue weighted by Crippen LogP contribution is 2.21. The largest absolute Gasteiger partial charge is 0.410 e. The van der Waals surface area contributed by atoms with Gasteiger partial charge in [-0.3, -0.25) is 4.79 Å². The fourth-order valence-electron chi connectivity index (χ4n) is 1.57. The van der Waals surface area contributed by atoms with Gasteiger partial charge < -0.3 is 5.21 Å². The highest BCUT2D eigenvalue weighted by Gasteiger charge is 2.18. The van der Waals surface area contributed by atoms with E-state index >= 15 is 0 Å². The van der Waals surface area contributed by atoms with Crippen molar-refractivity contribution in [3.63, 3.8) is 0 Å². The summed E-state index contributed by atoms with van der Waals surface area (Å²) in [7, 11) is 0. The molecule has 0 saturated carbocycles. The van der Waals surface area contributed by atoms with E-state index in [-0.39, 0.29) is 5.56 Å². The maximum absolute atomic E-state index is 14.0. The van der Waals surface area contributed by atoms with Gasteiger partial charge in [0, 0.05) is 5.39 Å². The van der Waals surface area contributed by atoms with Crippen LogP contribution in [0, 0.1) is 5.82 Å². The molecule has 0 saturated heterocycles. The first-order chi connectivity index (χ1) is 8.15. The molecule has 0 radical (unpaired) electrons. The van der Waals surface area contributed by atoms with Crippen LogP contribution in [0.25, 0.3) is 10.8 Å². The molecule has 0 amide bonds. The highest BCUT2D eigenvalue weighted by atomic mass is 35.5. The van der Waals surface area contributed by atoms with Crippen LogP contribution in [0.4, 0.5) is 4.39 Å². The summed E-state index contributed by atoms with van der Waals surface area (Å²) in [6, 6.07) is 9.65. The van der Waals surface area contributed by atoms with E-state index in [2.05, 4.69) is 5.16 Å². The Hall–Kier alpha value is -1.94. The van der Waals surface area contributed by atoms with E-state index in [1.807, 2.05) is 0 Å². The quantitative estimate of drug-likeness (QED) is 0.386. The van der Waals surface area contributed by atoms with Crippen molar-refractivity contribution in [1.29, 1.82) is 0 Å². The monoisotopic (exact) mass is 251 g/mol. The van der Waals surface area contributed by atoms with Crippen molar-refractivity contribution >= 4 is 33.3 Å². The molecule has 0 aromatic heterocycles. The zero-order valence-electron chi connectivity index (χ0n) is 8.52. The molecule has 0 aliphatic carbocycles. The normalized spacial score (nSPS) is 11.8. The first-order valence-electron chi connectivity index (χ1n) is 4.74. The summed E-state index contributed by atoms with van der Waals surface area (Å²) in [5.41, 5.74) is -0.216. The second-order valence-corrected chi connectivity index (χ2v) is 3.73. The molecule has 0 bridgehead atoms. The summed E-state index contributed by atoms with van der Waals surface area (Å²) in [6.45, 7) is 0. The Bertz CT molecular complexity index is 625. The third-order valence-corrected chi connectivity index (χ3v) is 2.63. The number of carbonyl (C=O) groups excluding carboxylic acids is 1. The Morgan fingerprint density at radius 2 is 1.94 bits per heavy atom. The summed E-state index contributed by atoms with van der Waals surface area (Å²) in [5, 5.41) is 11.3. The van der Waals surface area contributed by atoms with Crippen LogP contribution >= 0.6 is 11.6 Å². The van der Waals surface area contributed by atoms with Crippen molar-refractivity contribution in [2.24, 2.45) is 5.16 Å². The minimum atomic E-state index is -0.850. The van der Waals surface area contributed by atoms with Crippen LogP contribution in [0.2, 0.25) is 0 Å². The van der Waals surface area contributed by atoms with E-state index in [4.69, 9.17) is 16.8 Å². The Morgan fingerprint density at radius 1 is 1.24 bits per heavy atom. The van der Waals surface area contributed by atoms with Gasteiger partial charge in [0.25, 0.3) is 0 Å². The first kappa shape index (κ1) is 11.5. The molecular formula is C12H7ClFNO2. The lowest BCUT2D eigenvalue weighted by Gasteiger charge is -2.04. The fraction of sp³-hybridized carbons (Fsp3) is 0. The molecular weight excluding hydrogens is 245 g/mol. The fourth-order valence-corrected chi connectivity index (χ4v) is 1.67. The lowest BCUT2D eigenvalue weighted by Crippen LogP contribution is -2.10. The average molecular weight is 252 g/mol. The Labute approximate surface area is 101 Å². The summed E-state index contributed by atoms with van der Waals surface area (Å²) >= 11 is 5.36. The van der Waals surface area contributed by atoms with Crippen molar-refractivity contribution < 1.29 is 14.4 Å². The Balaban J connectivity index is 2.65. The standard InChI is InChI=1S/C12H7ClFNO2/c13-12(15-17)11(16)9-6-5-7-3-1-2-4-8(7)10(9)14/h1-6,17H/b15-12-. The number of ketones is 1. The van der Waals surface area contributed by atoms with Crippen molar-refractivity contribution in [1.82, 2.24) is 0 Å². The van der Waals surface area contributed by atoms with Gasteiger partial charge >= 0.3 is 0 Å². The molecule has 86 valence electrons. The van der Waals surface area contributed by atoms with Crippen molar-refractivity contribution in [2.75, 3.05) is 0 Å². The third-order valence-electron chi connectivity index (χ3n) is 2.38. The second kappa shape index (κ2) is 4.51. The van der Waals surface area contributed by atoms with Gasteiger partial charge in [-0.1, -0.05) is 47.1 Å². The van der Waals surface area contributed by atoms with Crippen LogP contribution in [-0.2, 0) is 0 Å². The molecule has 0 aliphatic rings. The number of Topliss-reactive ketones (excluding diaryl/α,β-unsaturated/α-hetero) is 1. The van der Waals surface area contributed by atoms with Crippen molar-refractivity contribution in [2.45, 2.75) is 0 Å². The number of nitrogens with zero attached hydrogens (tertiary/aromatic N) is 1. The van der Waals surface area contributed by atoms with Crippen LogP contribution in [-0.4, -0.2) is 16.2 Å². The highest BCUT2D eigenvalue weighted by molar-refractivity contribution is 6.84. The molecule has 0 spiro atoms. The number of benzene rings is 2. The van der Waals surface area contributed by atoms with E-state index in [1.165, 1.54) is 6.07 Å². The van der Waals surface area contributed by atoms with Crippen LogP contribution in [0.5, 0.6) is 0 Å². The predicted octanol–water partition coefficient (Wildman–Crippen LogP) is 3.19. The zero-order chi connectivity index (χ0) is 12.4. The Kier molecular flexibility index (Phi) is 3.06. The minimum Gasteiger partial charge on any atom is -0.410 e. The van der Waals surface area contributed by atoms with Crippen LogP contribution in [0.3, 0.4) is 0 Å². The topological polar surface area (TPSA) is 49.7 Å². The van der Waals surface area contributed by atoms with Gasteiger partial charge in [-0.05, 0) is 11.5 Å². The molecule has 5 heteroatoms. The summed E-state index contributed by atoms with van der Waals surface area (Å²) in [5.74, 6) is -1.52. The minimum absolute atomic E-state index is 0.216. The van der Waals surface area contributed by atoms with Gasteiger partial charge in [-0.15, -0.1) is 0 Å². The number of hydrogen-bond acceptors (Lipinski definition) is 3. The van der Waals surface area contributed by atoms with Gasteiger partial charge in [0.1, 0.15) is 5.82 Å². The third kappa shape index (κ3) is 1.99. The van der Waals surface area contributed by atoms with E-state index in [0.29, 0.717) is 10.8 Å². The number of oxime groups is 1. The predicted molar refractivity (Wildman–Crippen MR) is 63.3 cm³/mol. The summed E-state index contributed by atoms with van der Waals surface area (Å²) in [6.07, 6.45) is 0. The molecule has 2 aromatic rings. The van der Waals surface area contributed by atoms with E-state index < -0.39 is 16.8 Å². The lowest BCUT2D eigenvalue weighted by atomic mass is 10.0. The Morgan fingerprint density at radius 3 is 2.65 bits per heavy atom. The van der Waals surface area contributed by atoms with Gasteiger partial charge in [-0.2, -0.15) is 0 Å². The van der Waals surface area contributed by atoms with Gasteiger partial charge in [-0.25, -0.2) is 4.39 Å². The van der Waals surface area contributed by atoms with Crippen LogP contribution in [0.15, 0.2) is 41.6 Å². The molecule has 0 atom stereocenters. The van der Waals surface area contributed by atoms with E-state index in [0.717, 1.165) is 0 Å². The smallest absolute Gasteiger partial charge is 0.229 e. The number of halogens is 2. The number of hydrogen-bond donors (Lipinski definition) is 1. The SMILES string of the molecule is O=C(/C(Cl)=N/O)c1ccc2ccccc2c1F. The van der Waals surface area contributed by atoms with Gasteiger partial charge in [0.05, 0.1) is 5.56 Å². The van der Waals surface area contributed by atoms with Crippen LogP contribution < -0.4 is 0 Å². The first-order valence-corrected chi connectivity index (χ1v) is 5.12. The lowest BCUT2D eigenvalue weighted by molar-refractivity contribution is 0.106. The molecule has 0 heterocycles. The summed E-state index contributed by atoms with van der Waals surface area (Å²) in [4.78, 5) is 11.6. The maximum Gasteiger partial charge on any atom is 0.229 e. The van der Waals surface area contributed by atoms with E-state index in [9.17, 15) is 9.18 Å². The van der Waals surface area contributed by atoms with Gasteiger partial charge in [0.15, 0.2) is 0 Å². The van der Waals surface area contributed by atoms with Crippen molar-refractivity contribution in [3.05, 3.63) is 47.8 Å². The average Bonchev–Trinajstić information content (AvgIpc) is 2.38. The molecule has 17 heavy (non-hydrogen) atoms. The molecule has 2 aromatic carbocycles. The second-order valence-electron chi connectivity index (χ2n) is 3.37. The van der Waals surface area contributed by atoms with Crippen LogP contribution in [0.1, 0.15) is 10.4 Å². The molecule has 0 unspecified atom stereocenters. The van der Waals surface area contributed by atoms with Gasteiger partial charge in [0.2, 0.25) is 11.0 Å². The molecule has 0 aliphatic heterocycles. The zero-order valence-corrected chi connectivity index (χ0v) is 9.28. The maximum atomic E-state index is 14.0. The number of fused-ring (bicyclic) bond motifs is 1. The molecule has 3 nitrogen and oxygen atoms in total. The number of rotatable bonds is 2. The molecule has 0 fully saturated rings. The summed E-state index contributed by atoms with van der Waals surface area (Å²) < 4.78 is 14.0. The molecule has 1 N–H and O–H groups in total.